The molecular weight excluding hydrogens is 455 g/mol. The summed E-state index contributed by atoms with van der Waals surface area (Å²) in [5.74, 6) is -0.397. The van der Waals surface area contributed by atoms with Gasteiger partial charge in [-0.3, -0.25) is 10.1 Å². The Hall–Kier alpha value is -2.04. The number of aryl methyl sites for hydroxylation is 1. The highest BCUT2D eigenvalue weighted by Gasteiger charge is 2.15. The van der Waals surface area contributed by atoms with E-state index in [1.807, 2.05) is 6.92 Å². The third-order valence-corrected chi connectivity index (χ3v) is 6.95. The predicted molar refractivity (Wildman–Crippen MR) is 114 cm³/mol. The molecule has 2 N–H and O–H groups in total. The fourth-order valence-electron chi connectivity index (χ4n) is 2.30. The minimum absolute atomic E-state index is 0.158. The van der Waals surface area contributed by atoms with Crippen LogP contribution in [0.3, 0.4) is 0 Å². The maximum atomic E-state index is 12.3. The van der Waals surface area contributed by atoms with Gasteiger partial charge in [0.05, 0.1) is 14.9 Å². The van der Waals surface area contributed by atoms with Crippen LogP contribution in [0.2, 0.25) is 10.0 Å². The molecule has 0 aliphatic heterocycles. The molecule has 0 bridgehead atoms. The Morgan fingerprint density at radius 3 is 2.48 bits per heavy atom. The third-order valence-electron chi connectivity index (χ3n) is 3.83. The Morgan fingerprint density at radius 1 is 1.07 bits per heavy atom. The van der Waals surface area contributed by atoms with Crippen LogP contribution in [0.25, 0.3) is 0 Å². The summed E-state index contributed by atoms with van der Waals surface area (Å²) in [5.41, 5.74) is 1.32. The first kappa shape index (κ1) is 21.7. The number of nitrogens with zero attached hydrogens (tertiary/aromatic N) is 2. The van der Waals surface area contributed by atoms with Gasteiger partial charge in [-0.2, -0.15) is 0 Å². The summed E-state index contributed by atoms with van der Waals surface area (Å²) in [6.45, 7) is 2.04. The van der Waals surface area contributed by atoms with Crippen molar-refractivity contribution in [1.82, 2.24) is 14.9 Å². The van der Waals surface area contributed by atoms with Gasteiger partial charge in [-0.25, -0.2) is 13.1 Å². The van der Waals surface area contributed by atoms with Gasteiger partial charge in [0, 0.05) is 18.5 Å². The second-order valence-corrected chi connectivity index (χ2v) is 9.69. The van der Waals surface area contributed by atoms with Crippen LogP contribution >= 0.6 is 34.5 Å². The number of aromatic nitrogens is 2. The van der Waals surface area contributed by atoms with E-state index < -0.39 is 15.9 Å². The van der Waals surface area contributed by atoms with Gasteiger partial charge in [-0.15, -0.1) is 10.2 Å². The van der Waals surface area contributed by atoms with Crippen LogP contribution in [0.15, 0.2) is 47.4 Å². The fourth-order valence-corrected chi connectivity index (χ4v) is 4.37. The van der Waals surface area contributed by atoms with Crippen molar-refractivity contribution in [3.05, 3.63) is 68.6 Å². The van der Waals surface area contributed by atoms with E-state index in [0.29, 0.717) is 27.1 Å². The molecule has 0 unspecified atom stereocenters. The van der Waals surface area contributed by atoms with E-state index in [4.69, 9.17) is 23.2 Å². The van der Waals surface area contributed by atoms with E-state index in [1.165, 1.54) is 12.1 Å². The predicted octanol–water partition coefficient (Wildman–Crippen LogP) is 3.93. The van der Waals surface area contributed by atoms with E-state index in [1.54, 1.807) is 30.3 Å². The number of sulfonamides is 1. The van der Waals surface area contributed by atoms with Crippen LogP contribution in [-0.2, 0) is 16.4 Å². The van der Waals surface area contributed by atoms with Crippen LogP contribution in [0, 0.1) is 6.92 Å². The number of amides is 1. The lowest BCUT2D eigenvalue weighted by Crippen LogP contribution is -2.25. The monoisotopic (exact) mass is 470 g/mol. The summed E-state index contributed by atoms with van der Waals surface area (Å²) in [4.78, 5) is 12.5. The number of hydrogen-bond acceptors (Lipinski definition) is 6. The highest BCUT2D eigenvalue weighted by Crippen LogP contribution is 2.23. The van der Waals surface area contributed by atoms with Gasteiger partial charge in [0.25, 0.3) is 5.91 Å². The van der Waals surface area contributed by atoms with Crippen LogP contribution in [0.4, 0.5) is 5.13 Å². The van der Waals surface area contributed by atoms with Gasteiger partial charge >= 0.3 is 0 Å². The van der Waals surface area contributed by atoms with Crippen LogP contribution in [0.5, 0.6) is 0 Å². The number of halogens is 2. The first-order valence-electron chi connectivity index (χ1n) is 8.40. The van der Waals surface area contributed by atoms with E-state index in [-0.39, 0.29) is 16.5 Å². The first-order chi connectivity index (χ1) is 13.7. The molecule has 3 rings (SSSR count). The van der Waals surface area contributed by atoms with E-state index in [9.17, 15) is 13.2 Å². The molecule has 29 heavy (non-hydrogen) atoms. The van der Waals surface area contributed by atoms with Crippen LogP contribution < -0.4 is 10.0 Å². The van der Waals surface area contributed by atoms with E-state index in [2.05, 4.69) is 20.2 Å². The molecule has 0 aliphatic rings. The van der Waals surface area contributed by atoms with Gasteiger partial charge in [0.1, 0.15) is 5.01 Å². The summed E-state index contributed by atoms with van der Waals surface area (Å²) in [6.07, 6.45) is 0.339. The lowest BCUT2D eigenvalue weighted by atomic mass is 10.2. The van der Waals surface area contributed by atoms with Gasteiger partial charge < -0.3 is 0 Å². The molecule has 0 atom stereocenters. The summed E-state index contributed by atoms with van der Waals surface area (Å²) in [6, 6.07) is 11.1. The third kappa shape index (κ3) is 5.74. The maximum Gasteiger partial charge on any atom is 0.257 e. The van der Waals surface area contributed by atoms with Crippen molar-refractivity contribution in [2.45, 2.75) is 18.2 Å². The van der Waals surface area contributed by atoms with Crippen LogP contribution in [0.1, 0.15) is 20.9 Å². The minimum atomic E-state index is -3.59. The number of hydrogen-bond donors (Lipinski definition) is 2. The summed E-state index contributed by atoms with van der Waals surface area (Å²) < 4.78 is 27.1. The normalized spacial score (nSPS) is 11.4. The molecule has 1 heterocycles. The number of carbonyl (C=O) groups excluding carboxylic acids is 1. The highest BCUT2D eigenvalue weighted by atomic mass is 35.5. The van der Waals surface area contributed by atoms with Crippen molar-refractivity contribution in [3.63, 3.8) is 0 Å². The molecule has 2 aromatic carbocycles. The maximum absolute atomic E-state index is 12.3. The number of rotatable bonds is 7. The van der Waals surface area contributed by atoms with E-state index >= 15 is 0 Å². The zero-order valence-electron chi connectivity index (χ0n) is 15.1. The number of anilines is 1. The van der Waals surface area contributed by atoms with E-state index in [0.717, 1.165) is 16.9 Å². The minimum Gasteiger partial charge on any atom is -0.296 e. The van der Waals surface area contributed by atoms with Crippen molar-refractivity contribution in [3.8, 4) is 0 Å². The Morgan fingerprint density at radius 2 is 1.79 bits per heavy atom. The van der Waals surface area contributed by atoms with Crippen molar-refractivity contribution >= 4 is 55.6 Å². The smallest absolute Gasteiger partial charge is 0.257 e. The van der Waals surface area contributed by atoms with Gasteiger partial charge in [0.15, 0.2) is 0 Å². The fraction of sp³-hybridized carbons (Fsp3) is 0.167. The molecule has 152 valence electrons. The van der Waals surface area contributed by atoms with Gasteiger partial charge in [-0.05, 0) is 37.3 Å². The van der Waals surface area contributed by atoms with Crippen LogP contribution in [-0.4, -0.2) is 31.1 Å². The number of nitrogens with one attached hydrogen (secondary N) is 2. The highest BCUT2D eigenvalue weighted by molar-refractivity contribution is 7.89. The Labute approximate surface area is 182 Å². The Kier molecular flexibility index (Phi) is 6.86. The second-order valence-electron chi connectivity index (χ2n) is 6.04. The first-order valence-corrected chi connectivity index (χ1v) is 11.5. The van der Waals surface area contributed by atoms with Crippen molar-refractivity contribution in [1.29, 1.82) is 0 Å². The Bertz CT molecular complexity index is 1130. The molecule has 0 aliphatic carbocycles. The van der Waals surface area contributed by atoms with Gasteiger partial charge in [0.2, 0.25) is 15.2 Å². The molecule has 0 saturated carbocycles. The lowest BCUT2D eigenvalue weighted by Gasteiger charge is -2.05. The molecule has 11 heteroatoms. The molecule has 3 aromatic rings. The SMILES string of the molecule is Cc1ccc(S(=O)(=O)NCCc2nnc(NC(=O)c3ccc(Cl)c(Cl)c3)s2)cc1. The number of benzene rings is 2. The average molecular weight is 471 g/mol. The largest absolute Gasteiger partial charge is 0.296 e. The molecular formula is C18H16Cl2N4O3S2. The standard InChI is InChI=1S/C18H16Cl2N4O3S2/c1-11-2-5-13(6-3-11)29(26,27)21-9-8-16-23-24-18(28-16)22-17(25)12-4-7-14(19)15(20)10-12/h2-7,10,21H,8-9H2,1H3,(H,22,24,25). The Balaban J connectivity index is 1.55. The lowest BCUT2D eigenvalue weighted by molar-refractivity contribution is 0.102. The summed E-state index contributed by atoms with van der Waals surface area (Å²) >= 11 is 12.9. The molecule has 0 radical (unpaired) electrons. The molecule has 1 amide bonds. The summed E-state index contributed by atoms with van der Waals surface area (Å²) in [5, 5.41) is 12.0. The van der Waals surface area contributed by atoms with Crippen molar-refractivity contribution in [2.75, 3.05) is 11.9 Å². The molecule has 1 aromatic heterocycles. The summed E-state index contributed by atoms with van der Waals surface area (Å²) in [7, 11) is -3.59. The second kappa shape index (κ2) is 9.19. The topological polar surface area (TPSA) is 101 Å². The van der Waals surface area contributed by atoms with Gasteiger partial charge in [-0.1, -0.05) is 52.2 Å². The zero-order chi connectivity index (χ0) is 21.0. The average Bonchev–Trinajstić information content (AvgIpc) is 3.11. The number of carbonyl (C=O) groups is 1. The molecule has 0 saturated heterocycles. The zero-order valence-corrected chi connectivity index (χ0v) is 18.3. The quantitative estimate of drug-likeness (QED) is 0.544. The van der Waals surface area contributed by atoms with Crippen molar-refractivity contribution in [2.24, 2.45) is 0 Å². The molecule has 7 nitrogen and oxygen atoms in total. The molecule has 0 spiro atoms. The van der Waals surface area contributed by atoms with Crippen molar-refractivity contribution < 1.29 is 13.2 Å². The molecule has 0 fully saturated rings.